The van der Waals surface area contributed by atoms with Crippen molar-refractivity contribution in [2.75, 3.05) is 19.7 Å². The smallest absolute Gasteiger partial charge is 0.390 e. The van der Waals surface area contributed by atoms with E-state index in [0.29, 0.717) is 37.6 Å². The van der Waals surface area contributed by atoms with E-state index >= 15 is 0 Å². The van der Waals surface area contributed by atoms with Crippen LogP contribution in [-0.4, -0.2) is 36.7 Å². The molecular formula is C20H21F3N2O2. The second-order valence-corrected chi connectivity index (χ2v) is 6.48. The number of carbonyl (C=O) groups excluding carboxylic acids is 1. The fourth-order valence-corrected chi connectivity index (χ4v) is 2.92. The van der Waals surface area contributed by atoms with E-state index in [4.69, 9.17) is 4.74 Å². The molecule has 0 aromatic heterocycles. The second-order valence-electron chi connectivity index (χ2n) is 6.48. The third kappa shape index (κ3) is 5.72. The van der Waals surface area contributed by atoms with Crippen molar-refractivity contribution in [1.82, 2.24) is 10.2 Å². The maximum atomic E-state index is 12.4. The minimum atomic E-state index is -4.17. The zero-order valence-corrected chi connectivity index (χ0v) is 14.8. The number of ether oxygens (including phenoxy) is 1. The molecular weight excluding hydrogens is 357 g/mol. The summed E-state index contributed by atoms with van der Waals surface area (Å²) in [5.41, 5.74) is 2.25. The Labute approximate surface area is 155 Å². The largest absolute Gasteiger partial charge is 0.492 e. The highest BCUT2D eigenvalue weighted by molar-refractivity contribution is 5.94. The van der Waals surface area contributed by atoms with Crippen LogP contribution < -0.4 is 10.1 Å². The molecule has 0 unspecified atom stereocenters. The first kappa shape index (κ1) is 19.2. The summed E-state index contributed by atoms with van der Waals surface area (Å²) in [6, 6.07) is 14.7. The molecule has 0 radical (unpaired) electrons. The average molecular weight is 378 g/mol. The van der Waals surface area contributed by atoms with Crippen molar-refractivity contribution in [2.24, 2.45) is 0 Å². The van der Waals surface area contributed by atoms with Crippen LogP contribution >= 0.6 is 0 Å². The van der Waals surface area contributed by atoms with Gasteiger partial charge in [-0.25, -0.2) is 0 Å². The molecule has 2 aromatic rings. The van der Waals surface area contributed by atoms with Crippen molar-refractivity contribution < 1.29 is 22.7 Å². The van der Waals surface area contributed by atoms with Gasteiger partial charge in [0.2, 0.25) is 0 Å². The highest BCUT2D eigenvalue weighted by Crippen LogP contribution is 2.26. The zero-order valence-electron chi connectivity index (χ0n) is 14.8. The van der Waals surface area contributed by atoms with Gasteiger partial charge in [0.15, 0.2) is 0 Å². The minimum Gasteiger partial charge on any atom is -0.492 e. The fraction of sp³-hybridized carbons (Fsp3) is 0.350. The molecule has 1 heterocycles. The van der Waals surface area contributed by atoms with Crippen LogP contribution in [0.1, 0.15) is 27.9 Å². The number of benzene rings is 2. The Morgan fingerprint density at radius 1 is 1.15 bits per heavy atom. The SMILES string of the molecule is O=C(NCc1ccccc1)c1ccc2c(c1)OCCN(CCC(F)(F)F)C2. The van der Waals surface area contributed by atoms with Crippen molar-refractivity contribution in [2.45, 2.75) is 25.7 Å². The topological polar surface area (TPSA) is 41.6 Å². The van der Waals surface area contributed by atoms with Gasteiger partial charge in [-0.15, -0.1) is 0 Å². The highest BCUT2D eigenvalue weighted by Gasteiger charge is 2.28. The number of halogens is 3. The highest BCUT2D eigenvalue weighted by atomic mass is 19.4. The Morgan fingerprint density at radius 2 is 1.93 bits per heavy atom. The van der Waals surface area contributed by atoms with E-state index in [2.05, 4.69) is 5.32 Å². The number of hydrogen-bond acceptors (Lipinski definition) is 3. The Kier molecular flexibility index (Phi) is 6.01. The fourth-order valence-electron chi connectivity index (χ4n) is 2.92. The van der Waals surface area contributed by atoms with Crippen molar-refractivity contribution >= 4 is 5.91 Å². The van der Waals surface area contributed by atoms with Gasteiger partial charge in [0, 0.05) is 37.3 Å². The molecule has 0 spiro atoms. The van der Waals surface area contributed by atoms with Crippen LogP contribution in [-0.2, 0) is 13.1 Å². The Hall–Kier alpha value is -2.54. The zero-order chi connectivity index (χ0) is 19.3. The molecule has 1 N–H and O–H groups in total. The number of nitrogens with zero attached hydrogens (tertiary/aromatic N) is 1. The van der Waals surface area contributed by atoms with Crippen molar-refractivity contribution in [3.63, 3.8) is 0 Å². The molecule has 0 fully saturated rings. The van der Waals surface area contributed by atoms with E-state index in [-0.39, 0.29) is 12.5 Å². The minimum absolute atomic E-state index is 0.0639. The lowest BCUT2D eigenvalue weighted by molar-refractivity contribution is -0.138. The average Bonchev–Trinajstić information content (AvgIpc) is 2.86. The van der Waals surface area contributed by atoms with Gasteiger partial charge in [0.05, 0.1) is 6.42 Å². The van der Waals surface area contributed by atoms with E-state index in [0.717, 1.165) is 11.1 Å². The van der Waals surface area contributed by atoms with Crippen LogP contribution in [0.25, 0.3) is 0 Å². The van der Waals surface area contributed by atoms with Crippen LogP contribution in [0.3, 0.4) is 0 Å². The molecule has 7 heteroatoms. The molecule has 1 aliphatic rings. The molecule has 0 bridgehead atoms. The summed E-state index contributed by atoms with van der Waals surface area (Å²) in [6.45, 7) is 1.44. The van der Waals surface area contributed by atoms with E-state index in [9.17, 15) is 18.0 Å². The number of hydrogen-bond donors (Lipinski definition) is 1. The number of nitrogens with one attached hydrogen (secondary N) is 1. The number of fused-ring (bicyclic) bond motifs is 1. The summed E-state index contributed by atoms with van der Waals surface area (Å²) in [6.07, 6.45) is -5.01. The summed E-state index contributed by atoms with van der Waals surface area (Å²) >= 11 is 0. The molecule has 1 aliphatic heterocycles. The normalized spacial score (nSPS) is 14.8. The summed E-state index contributed by atoms with van der Waals surface area (Å²) in [7, 11) is 0. The Bertz CT molecular complexity index is 779. The lowest BCUT2D eigenvalue weighted by Crippen LogP contribution is -2.29. The number of carbonyl (C=O) groups is 1. The molecule has 0 saturated heterocycles. The first-order valence-corrected chi connectivity index (χ1v) is 8.78. The van der Waals surface area contributed by atoms with E-state index in [1.807, 2.05) is 30.3 Å². The van der Waals surface area contributed by atoms with Gasteiger partial charge in [0.1, 0.15) is 12.4 Å². The number of amides is 1. The molecule has 0 saturated carbocycles. The standard InChI is InChI=1S/C20H21F3N2O2/c21-20(22,23)8-9-25-10-11-27-18-12-16(6-7-17(18)14-25)19(26)24-13-15-4-2-1-3-5-15/h1-7,12H,8-11,13-14H2,(H,24,26). The Morgan fingerprint density at radius 3 is 2.67 bits per heavy atom. The van der Waals surface area contributed by atoms with Crippen LogP contribution in [0.2, 0.25) is 0 Å². The van der Waals surface area contributed by atoms with Gasteiger partial charge >= 0.3 is 6.18 Å². The van der Waals surface area contributed by atoms with Gasteiger partial charge in [-0.1, -0.05) is 36.4 Å². The lowest BCUT2D eigenvalue weighted by atomic mass is 10.1. The maximum absolute atomic E-state index is 12.4. The van der Waals surface area contributed by atoms with E-state index in [1.165, 1.54) is 0 Å². The van der Waals surface area contributed by atoms with Gasteiger partial charge in [-0.2, -0.15) is 13.2 Å². The molecule has 2 aromatic carbocycles. The predicted molar refractivity (Wildman–Crippen MR) is 95.5 cm³/mol. The summed E-state index contributed by atoms with van der Waals surface area (Å²) in [4.78, 5) is 14.1. The first-order valence-electron chi connectivity index (χ1n) is 8.78. The summed E-state index contributed by atoms with van der Waals surface area (Å²) in [5.74, 6) is 0.334. The lowest BCUT2D eigenvalue weighted by Gasteiger charge is -2.20. The van der Waals surface area contributed by atoms with Crippen LogP contribution in [0, 0.1) is 0 Å². The van der Waals surface area contributed by atoms with Gasteiger partial charge < -0.3 is 10.1 Å². The maximum Gasteiger partial charge on any atom is 0.390 e. The van der Waals surface area contributed by atoms with Crippen molar-refractivity contribution in [1.29, 1.82) is 0 Å². The number of alkyl halides is 3. The van der Waals surface area contributed by atoms with Crippen LogP contribution in [0.4, 0.5) is 13.2 Å². The molecule has 0 atom stereocenters. The predicted octanol–water partition coefficient (Wildman–Crippen LogP) is 3.76. The monoisotopic (exact) mass is 378 g/mol. The van der Waals surface area contributed by atoms with Crippen LogP contribution in [0.5, 0.6) is 5.75 Å². The first-order chi connectivity index (χ1) is 12.9. The third-order valence-electron chi connectivity index (χ3n) is 4.40. The van der Waals surface area contributed by atoms with Crippen molar-refractivity contribution in [3.8, 4) is 5.75 Å². The van der Waals surface area contributed by atoms with Crippen LogP contribution in [0.15, 0.2) is 48.5 Å². The molecule has 3 rings (SSSR count). The van der Waals surface area contributed by atoms with Gasteiger partial charge in [-0.05, 0) is 17.7 Å². The quantitative estimate of drug-likeness (QED) is 0.861. The number of rotatable bonds is 5. The molecule has 0 aliphatic carbocycles. The molecule has 144 valence electrons. The summed E-state index contributed by atoms with van der Waals surface area (Å²) in [5, 5.41) is 2.85. The molecule has 27 heavy (non-hydrogen) atoms. The Balaban J connectivity index is 1.62. The third-order valence-corrected chi connectivity index (χ3v) is 4.40. The molecule has 4 nitrogen and oxygen atoms in total. The summed E-state index contributed by atoms with van der Waals surface area (Å²) < 4.78 is 43.0. The second kappa shape index (κ2) is 8.43. The van der Waals surface area contributed by atoms with Gasteiger partial charge in [0.25, 0.3) is 5.91 Å². The van der Waals surface area contributed by atoms with E-state index in [1.54, 1.807) is 23.1 Å². The van der Waals surface area contributed by atoms with Crippen molar-refractivity contribution in [3.05, 3.63) is 65.2 Å². The molecule has 1 amide bonds. The van der Waals surface area contributed by atoms with Gasteiger partial charge in [-0.3, -0.25) is 9.69 Å². The van der Waals surface area contributed by atoms with E-state index < -0.39 is 12.6 Å².